The molecule has 6 heteroatoms. The van der Waals surface area contributed by atoms with Gasteiger partial charge in [0.15, 0.2) is 0 Å². The second-order valence-electron chi connectivity index (χ2n) is 9.98. The zero-order valence-corrected chi connectivity index (χ0v) is 22.8. The monoisotopic (exact) mass is 560 g/mol. The predicted octanol–water partition coefficient (Wildman–Crippen LogP) is 1.22. The molecule has 0 fully saturated rings. The van der Waals surface area contributed by atoms with Gasteiger partial charge >= 0.3 is 167 Å². The minimum atomic E-state index is -0.821. The van der Waals surface area contributed by atoms with Crippen LogP contribution >= 0.6 is 0 Å². The second kappa shape index (κ2) is 9.86. The van der Waals surface area contributed by atoms with Crippen molar-refractivity contribution >= 4 is 17.5 Å². The van der Waals surface area contributed by atoms with Crippen LogP contribution in [-0.2, 0) is 24.8 Å². The van der Waals surface area contributed by atoms with Gasteiger partial charge in [0, 0.05) is 5.71 Å². The molecular formula is C27H39IN5-. The number of halogens is 1. The summed E-state index contributed by atoms with van der Waals surface area (Å²) >= 11 is -0.392. The summed E-state index contributed by atoms with van der Waals surface area (Å²) in [7, 11) is 0. The molecule has 5 nitrogen and oxygen atoms in total. The molecule has 1 aliphatic carbocycles. The molecule has 9 N–H and O–H groups in total. The summed E-state index contributed by atoms with van der Waals surface area (Å²) in [5.41, 5.74) is 29.8. The standard InChI is InChI=1S/C27H39IN5/c1-6-7-21-19(10-11-28-33)8-9-20(25(21)30)13-22-16(2)12-24-23(17(22)3)14-26(5,31)15-27(24,32)18(4)29/h8-12,29H,6-7,13-15,30-33H2,1-5H3/q-1/b11-10+,29-18?. The van der Waals surface area contributed by atoms with Crippen LogP contribution in [0.4, 0.5) is 5.69 Å². The van der Waals surface area contributed by atoms with Crippen LogP contribution in [0.15, 0.2) is 22.3 Å². The summed E-state index contributed by atoms with van der Waals surface area (Å²) in [6.07, 6.45) is 6.22. The summed E-state index contributed by atoms with van der Waals surface area (Å²) < 4.78 is 7.86. The fourth-order valence-corrected chi connectivity index (χ4v) is 5.96. The van der Waals surface area contributed by atoms with E-state index in [1.165, 1.54) is 33.4 Å². The Morgan fingerprint density at radius 1 is 1.21 bits per heavy atom. The van der Waals surface area contributed by atoms with E-state index >= 15 is 0 Å². The van der Waals surface area contributed by atoms with Gasteiger partial charge in [-0.3, -0.25) is 0 Å². The van der Waals surface area contributed by atoms with Crippen LogP contribution in [0.3, 0.4) is 0 Å². The third-order valence-corrected chi connectivity index (χ3v) is 7.92. The Bertz CT molecular complexity index is 1100. The Morgan fingerprint density at radius 3 is 2.52 bits per heavy atom. The van der Waals surface area contributed by atoms with Gasteiger partial charge in [-0.05, 0) is 20.3 Å². The third kappa shape index (κ3) is 5.04. The van der Waals surface area contributed by atoms with Crippen molar-refractivity contribution in [3.05, 3.63) is 66.8 Å². The van der Waals surface area contributed by atoms with Crippen LogP contribution in [0.2, 0.25) is 0 Å². The molecular weight excluding hydrogens is 521 g/mol. The van der Waals surface area contributed by atoms with Crippen molar-refractivity contribution in [2.45, 2.75) is 77.8 Å². The average Bonchev–Trinajstić information content (AvgIpc) is 2.73. The van der Waals surface area contributed by atoms with Crippen molar-refractivity contribution in [2.75, 3.05) is 5.73 Å². The molecule has 0 radical (unpaired) electrons. The van der Waals surface area contributed by atoms with E-state index in [0.29, 0.717) is 12.1 Å². The number of aryl methyl sites for hydroxylation is 1. The molecule has 0 amide bonds. The Hall–Kier alpha value is -1.74. The molecule has 2 aromatic rings. The van der Waals surface area contributed by atoms with Gasteiger partial charge in [0.05, 0.1) is 0 Å². The van der Waals surface area contributed by atoms with Gasteiger partial charge in [-0.15, -0.1) is 0 Å². The zero-order valence-electron chi connectivity index (χ0n) is 20.6. The zero-order chi connectivity index (χ0) is 24.6. The first-order valence-corrected chi connectivity index (χ1v) is 14.1. The van der Waals surface area contributed by atoms with Gasteiger partial charge in [-0.2, -0.15) is 0 Å². The molecule has 0 aliphatic heterocycles. The number of benzene rings is 2. The predicted molar refractivity (Wildman–Crippen MR) is 137 cm³/mol. The SMILES string of the molecule is CCCc1c(/C=C/[I-]N)ccc(Cc2c(C)cc3c(c2C)CC(C)(N)CC3(N)C(C)=N)c1N. The fraction of sp³-hybridized carbons (Fsp3) is 0.444. The van der Waals surface area contributed by atoms with E-state index in [0.717, 1.165) is 42.5 Å². The van der Waals surface area contributed by atoms with Crippen LogP contribution in [0.1, 0.15) is 78.1 Å². The van der Waals surface area contributed by atoms with E-state index in [1.54, 1.807) is 6.92 Å². The van der Waals surface area contributed by atoms with Crippen molar-refractivity contribution < 1.29 is 21.5 Å². The van der Waals surface area contributed by atoms with Gasteiger partial charge in [0.25, 0.3) is 0 Å². The number of nitrogens with one attached hydrogen (secondary N) is 1. The van der Waals surface area contributed by atoms with E-state index in [9.17, 15) is 0 Å². The molecule has 33 heavy (non-hydrogen) atoms. The van der Waals surface area contributed by atoms with E-state index < -0.39 is 32.6 Å². The first kappa shape index (κ1) is 25.9. The number of rotatable bonds is 7. The van der Waals surface area contributed by atoms with E-state index in [1.807, 2.05) is 6.92 Å². The van der Waals surface area contributed by atoms with Crippen LogP contribution in [0, 0.1) is 19.3 Å². The van der Waals surface area contributed by atoms with Crippen LogP contribution in [0.25, 0.3) is 6.08 Å². The first-order valence-electron chi connectivity index (χ1n) is 11.6. The molecule has 2 unspecified atom stereocenters. The summed E-state index contributed by atoms with van der Waals surface area (Å²) in [6.45, 7) is 10.3. The Morgan fingerprint density at radius 2 is 1.91 bits per heavy atom. The summed E-state index contributed by atoms with van der Waals surface area (Å²) in [4.78, 5) is 0. The molecule has 2 aromatic carbocycles. The minimum absolute atomic E-state index is 0.392. The molecule has 2 atom stereocenters. The molecule has 0 spiro atoms. The van der Waals surface area contributed by atoms with Gasteiger partial charge in [-0.25, -0.2) is 0 Å². The van der Waals surface area contributed by atoms with Crippen LogP contribution in [0.5, 0.6) is 0 Å². The van der Waals surface area contributed by atoms with Crippen molar-refractivity contribution in [1.82, 2.24) is 0 Å². The maximum absolute atomic E-state index is 8.42. The number of hydrogen-bond donors (Lipinski definition) is 5. The Labute approximate surface area is 209 Å². The summed E-state index contributed by atoms with van der Waals surface area (Å²) in [5.74, 6) is 0. The summed E-state index contributed by atoms with van der Waals surface area (Å²) in [5, 5.41) is 8.42. The maximum atomic E-state index is 8.42. The van der Waals surface area contributed by atoms with E-state index in [4.69, 9.17) is 26.6 Å². The molecule has 0 saturated carbocycles. The van der Waals surface area contributed by atoms with Gasteiger partial charge in [-0.1, -0.05) is 0 Å². The third-order valence-electron chi connectivity index (χ3n) is 7.15. The Balaban J connectivity index is 2.12. The van der Waals surface area contributed by atoms with Gasteiger partial charge < -0.3 is 16.9 Å². The molecule has 180 valence electrons. The molecule has 1 aliphatic rings. The number of hydrogen-bond acceptors (Lipinski definition) is 5. The normalized spacial score (nSPS) is 22.7. The summed E-state index contributed by atoms with van der Waals surface area (Å²) in [6, 6.07) is 6.52. The molecule has 0 bridgehead atoms. The van der Waals surface area contributed by atoms with E-state index in [2.05, 4.69) is 49.1 Å². The molecule has 0 heterocycles. The molecule has 0 saturated heterocycles. The van der Waals surface area contributed by atoms with Crippen molar-refractivity contribution in [2.24, 2.45) is 15.4 Å². The first-order chi connectivity index (χ1) is 15.4. The van der Waals surface area contributed by atoms with Crippen molar-refractivity contribution in [1.29, 1.82) is 5.41 Å². The van der Waals surface area contributed by atoms with Gasteiger partial charge in [0.1, 0.15) is 0 Å². The van der Waals surface area contributed by atoms with Crippen molar-refractivity contribution in [3.8, 4) is 0 Å². The van der Waals surface area contributed by atoms with Gasteiger partial charge in [0.2, 0.25) is 0 Å². The number of nitrogen functional groups attached to an aromatic ring is 1. The second-order valence-corrected chi connectivity index (χ2v) is 11.4. The van der Waals surface area contributed by atoms with Crippen molar-refractivity contribution in [3.63, 3.8) is 0 Å². The van der Waals surface area contributed by atoms with E-state index in [-0.39, 0.29) is 0 Å². The van der Waals surface area contributed by atoms with Crippen LogP contribution in [-0.4, -0.2) is 11.3 Å². The topological polar surface area (TPSA) is 128 Å². The average molecular weight is 561 g/mol. The quantitative estimate of drug-likeness (QED) is 0.151. The number of nitrogens with two attached hydrogens (primary N) is 4. The fourth-order valence-electron chi connectivity index (χ4n) is 5.37. The molecule has 0 aromatic heterocycles. The number of anilines is 1. The number of fused-ring (bicyclic) bond motifs is 1. The Kier molecular flexibility index (Phi) is 7.73. The molecule has 3 rings (SSSR count). The van der Waals surface area contributed by atoms with Crippen LogP contribution < -0.4 is 42.6 Å².